The van der Waals surface area contributed by atoms with Crippen LogP contribution in [0.1, 0.15) is 25.3 Å². The molecule has 0 radical (unpaired) electrons. The van der Waals surface area contributed by atoms with Gasteiger partial charge < -0.3 is 10.1 Å². The van der Waals surface area contributed by atoms with Crippen LogP contribution < -0.4 is 10.1 Å². The first-order chi connectivity index (χ1) is 13.8. The lowest BCUT2D eigenvalue weighted by Crippen LogP contribution is -2.35. The zero-order chi connectivity index (χ0) is 21.0. The third kappa shape index (κ3) is 4.65. The number of hydrogen-bond acceptors (Lipinski definition) is 5. The monoisotopic (exact) mass is 417 g/mol. The minimum absolute atomic E-state index is 0.0351. The van der Waals surface area contributed by atoms with Crippen molar-refractivity contribution in [2.75, 3.05) is 19.5 Å². The van der Waals surface area contributed by atoms with Crippen LogP contribution in [0.15, 0.2) is 52.8 Å². The van der Waals surface area contributed by atoms with Gasteiger partial charge in [0, 0.05) is 25.4 Å². The van der Waals surface area contributed by atoms with E-state index < -0.39 is 16.1 Å². The Bertz CT molecular complexity index is 1050. The Morgan fingerprint density at radius 3 is 2.62 bits per heavy atom. The van der Waals surface area contributed by atoms with Crippen LogP contribution in [0.2, 0.25) is 0 Å². The summed E-state index contributed by atoms with van der Waals surface area (Å²) in [5.41, 5.74) is 1.19. The summed E-state index contributed by atoms with van der Waals surface area (Å²) in [5, 5.41) is 6.89. The number of aryl methyl sites for hydroxylation is 1. The summed E-state index contributed by atoms with van der Waals surface area (Å²) < 4.78 is 36.4. The average Bonchev–Trinajstić information content (AvgIpc) is 3.15. The molecule has 1 N–H and O–H groups in total. The number of methoxy groups -OCH3 is 1. The number of carbonyl (C=O) groups excluding carboxylic acids is 1. The number of allylic oxidation sites excluding steroid dienone is 1. The molecule has 0 spiro atoms. The Hall–Kier alpha value is -3.14. The highest BCUT2D eigenvalue weighted by Crippen LogP contribution is 2.22. The lowest BCUT2D eigenvalue weighted by Gasteiger charge is -2.23. The second-order valence-electron chi connectivity index (χ2n) is 6.48. The van der Waals surface area contributed by atoms with Crippen molar-refractivity contribution < 1.29 is 17.9 Å². The zero-order valence-corrected chi connectivity index (χ0v) is 17.3. The van der Waals surface area contributed by atoms with E-state index >= 15 is 0 Å². The van der Waals surface area contributed by atoms with Gasteiger partial charge in [-0.05, 0) is 36.8 Å². The van der Waals surface area contributed by atoms with E-state index in [1.165, 1.54) is 19.3 Å². The van der Waals surface area contributed by atoms with Crippen LogP contribution >= 0.6 is 0 Å². The molecule has 0 saturated heterocycles. The maximum Gasteiger partial charge on any atom is 0.345 e. The molecule has 0 bridgehead atoms. The molecular weight excluding hydrogens is 394 g/mol. The van der Waals surface area contributed by atoms with E-state index in [1.54, 1.807) is 42.3 Å². The number of benzene rings is 1. The maximum absolute atomic E-state index is 12.8. The molecule has 29 heavy (non-hydrogen) atoms. The van der Waals surface area contributed by atoms with Gasteiger partial charge in [0.2, 0.25) is 0 Å². The second kappa shape index (κ2) is 8.48. The van der Waals surface area contributed by atoms with Gasteiger partial charge in [0.1, 0.15) is 11.4 Å². The summed E-state index contributed by atoms with van der Waals surface area (Å²) in [6, 6.07) is 6.76. The van der Waals surface area contributed by atoms with Gasteiger partial charge in [0.25, 0.3) is 5.91 Å². The van der Waals surface area contributed by atoms with Crippen molar-refractivity contribution in [1.29, 1.82) is 0 Å². The number of anilines is 1. The molecule has 154 valence electrons. The molecule has 1 aliphatic heterocycles. The van der Waals surface area contributed by atoms with Crippen LogP contribution in [-0.2, 0) is 21.5 Å². The first kappa shape index (κ1) is 20.6. The molecule has 0 fully saturated rings. The Labute approximate surface area is 169 Å². The third-order valence-corrected chi connectivity index (χ3v) is 5.74. The SMILES string of the molecule is CCCCn1cc(NC(=O)C2=CC(c3ccc(OC)cc3)=NS(=O)(=O)N2C)cn1. The number of rotatable bonds is 7. The van der Waals surface area contributed by atoms with E-state index in [1.807, 2.05) is 0 Å². The van der Waals surface area contributed by atoms with Gasteiger partial charge in [-0.25, -0.2) is 4.31 Å². The number of nitrogens with one attached hydrogen (secondary N) is 1. The first-order valence-corrected chi connectivity index (χ1v) is 10.5. The van der Waals surface area contributed by atoms with Crippen LogP contribution in [0, 0.1) is 0 Å². The summed E-state index contributed by atoms with van der Waals surface area (Å²) in [4.78, 5) is 12.8. The summed E-state index contributed by atoms with van der Waals surface area (Å²) in [5.74, 6) is 0.0687. The van der Waals surface area contributed by atoms with E-state index in [0.717, 1.165) is 23.7 Å². The van der Waals surface area contributed by atoms with E-state index in [9.17, 15) is 13.2 Å². The number of amides is 1. The quantitative estimate of drug-likeness (QED) is 0.743. The highest BCUT2D eigenvalue weighted by atomic mass is 32.2. The zero-order valence-electron chi connectivity index (χ0n) is 16.5. The molecule has 1 aromatic carbocycles. The minimum atomic E-state index is -4.03. The van der Waals surface area contributed by atoms with Gasteiger partial charge in [-0.1, -0.05) is 13.3 Å². The molecule has 10 heteroatoms. The van der Waals surface area contributed by atoms with E-state index in [4.69, 9.17) is 4.74 Å². The summed E-state index contributed by atoms with van der Waals surface area (Å²) >= 11 is 0. The smallest absolute Gasteiger partial charge is 0.345 e. The van der Waals surface area contributed by atoms with Crippen molar-refractivity contribution in [3.05, 3.63) is 54.0 Å². The lowest BCUT2D eigenvalue weighted by atomic mass is 10.1. The number of likely N-dealkylation sites (N-methyl/N-ethyl adjacent to an activating group) is 1. The van der Waals surface area contributed by atoms with E-state index in [2.05, 4.69) is 21.7 Å². The molecule has 9 nitrogen and oxygen atoms in total. The van der Waals surface area contributed by atoms with Gasteiger partial charge in [-0.3, -0.25) is 9.48 Å². The molecule has 0 atom stereocenters. The molecule has 0 saturated carbocycles. The van der Waals surface area contributed by atoms with Crippen LogP contribution in [0.3, 0.4) is 0 Å². The van der Waals surface area contributed by atoms with Crippen molar-refractivity contribution in [1.82, 2.24) is 14.1 Å². The Morgan fingerprint density at radius 2 is 1.97 bits per heavy atom. The number of ether oxygens (including phenoxy) is 1. The summed E-state index contributed by atoms with van der Waals surface area (Å²) in [6.45, 7) is 2.83. The molecule has 0 unspecified atom stereocenters. The fourth-order valence-electron chi connectivity index (χ4n) is 2.73. The number of nitrogens with zero attached hydrogens (tertiary/aromatic N) is 4. The average molecular weight is 417 g/mol. The lowest BCUT2D eigenvalue weighted by molar-refractivity contribution is -0.113. The Balaban J connectivity index is 1.85. The highest BCUT2D eigenvalue weighted by Gasteiger charge is 2.30. The molecule has 2 heterocycles. The number of unbranched alkanes of at least 4 members (excludes halogenated alkanes) is 1. The van der Waals surface area contributed by atoms with Crippen LogP contribution in [0.25, 0.3) is 0 Å². The van der Waals surface area contributed by atoms with Gasteiger partial charge in [-0.2, -0.15) is 13.5 Å². The van der Waals surface area contributed by atoms with Crippen molar-refractivity contribution >= 4 is 27.5 Å². The predicted octanol–water partition coefficient (Wildman–Crippen LogP) is 2.19. The second-order valence-corrected chi connectivity index (χ2v) is 8.11. The maximum atomic E-state index is 12.8. The normalized spacial score (nSPS) is 15.5. The van der Waals surface area contributed by atoms with Gasteiger partial charge in [0.15, 0.2) is 0 Å². The first-order valence-electron chi connectivity index (χ1n) is 9.13. The van der Waals surface area contributed by atoms with Crippen molar-refractivity contribution in [2.24, 2.45) is 4.40 Å². The van der Waals surface area contributed by atoms with Crippen molar-refractivity contribution in [2.45, 2.75) is 26.3 Å². The van der Waals surface area contributed by atoms with Crippen molar-refractivity contribution in [3.63, 3.8) is 0 Å². The summed E-state index contributed by atoms with van der Waals surface area (Å²) in [6.07, 6.45) is 6.70. The van der Waals surface area contributed by atoms with Gasteiger partial charge in [0.05, 0.1) is 24.7 Å². The van der Waals surface area contributed by atoms with Crippen molar-refractivity contribution in [3.8, 4) is 5.75 Å². The number of hydrogen-bond donors (Lipinski definition) is 1. The fourth-order valence-corrected chi connectivity index (χ4v) is 3.64. The minimum Gasteiger partial charge on any atom is -0.497 e. The van der Waals surface area contributed by atoms with Gasteiger partial charge in [-0.15, -0.1) is 4.40 Å². The number of aromatic nitrogens is 2. The van der Waals surface area contributed by atoms with Crippen LogP contribution in [0.5, 0.6) is 5.75 Å². The molecular formula is C19H23N5O4S. The topological polar surface area (TPSA) is 106 Å². The van der Waals surface area contributed by atoms with E-state index in [-0.39, 0.29) is 11.4 Å². The Morgan fingerprint density at radius 1 is 1.24 bits per heavy atom. The number of carbonyl (C=O) groups is 1. The Kier molecular flexibility index (Phi) is 6.02. The predicted molar refractivity (Wildman–Crippen MR) is 110 cm³/mol. The third-order valence-electron chi connectivity index (χ3n) is 4.42. The van der Waals surface area contributed by atoms with Crippen LogP contribution in [0.4, 0.5) is 5.69 Å². The molecule has 0 aliphatic carbocycles. The highest BCUT2D eigenvalue weighted by molar-refractivity contribution is 7.88. The molecule has 3 rings (SSSR count). The standard InChI is InChI=1S/C19H23N5O4S/c1-4-5-10-24-13-15(12-20-24)21-19(25)18-11-17(22-29(26,27)23(18)2)14-6-8-16(28-3)9-7-14/h6-9,11-13H,4-5,10H2,1-3H3,(H,21,25). The van der Waals surface area contributed by atoms with Gasteiger partial charge >= 0.3 is 10.2 Å². The molecule has 1 aliphatic rings. The molecule has 2 aromatic rings. The summed E-state index contributed by atoms with van der Waals surface area (Å²) in [7, 11) is -1.20. The largest absolute Gasteiger partial charge is 0.497 e. The molecule has 1 amide bonds. The molecule has 1 aromatic heterocycles. The fraction of sp³-hybridized carbons (Fsp3) is 0.316. The van der Waals surface area contributed by atoms with E-state index in [0.29, 0.717) is 17.0 Å². The van der Waals surface area contributed by atoms with Crippen LogP contribution in [-0.4, -0.2) is 48.3 Å².